The molecule has 0 saturated carbocycles. The van der Waals surface area contributed by atoms with Crippen molar-refractivity contribution in [1.29, 1.82) is 0 Å². The maximum Gasteiger partial charge on any atom is 0.0558 e. The van der Waals surface area contributed by atoms with E-state index >= 15 is 0 Å². The van der Waals surface area contributed by atoms with E-state index in [-0.39, 0.29) is 0 Å². The van der Waals surface area contributed by atoms with Gasteiger partial charge < -0.3 is 10.1 Å². The van der Waals surface area contributed by atoms with Gasteiger partial charge in [0.05, 0.1) is 6.10 Å². The molecule has 0 amide bonds. The minimum absolute atomic E-state index is 0.374. The number of hydrogen-bond acceptors (Lipinski definition) is 2. The van der Waals surface area contributed by atoms with Gasteiger partial charge in [-0.15, -0.1) is 0 Å². The van der Waals surface area contributed by atoms with Crippen molar-refractivity contribution in [3.8, 4) is 0 Å². The molecule has 0 aliphatic heterocycles. The Kier molecular flexibility index (Phi) is 12.3. The molecular formula is C15H33NO. The van der Waals surface area contributed by atoms with Crippen molar-refractivity contribution in [2.75, 3.05) is 13.7 Å². The molecule has 104 valence electrons. The van der Waals surface area contributed by atoms with E-state index in [1.165, 1.54) is 44.9 Å². The van der Waals surface area contributed by atoms with Crippen LogP contribution in [-0.2, 0) is 4.74 Å². The fourth-order valence-corrected chi connectivity index (χ4v) is 2.26. The Morgan fingerprint density at radius 3 is 2.24 bits per heavy atom. The van der Waals surface area contributed by atoms with Gasteiger partial charge in [-0.1, -0.05) is 52.4 Å². The van der Waals surface area contributed by atoms with Crippen LogP contribution in [-0.4, -0.2) is 25.8 Å². The molecule has 0 rings (SSSR count). The number of ether oxygens (including phenoxy) is 1. The van der Waals surface area contributed by atoms with Crippen molar-refractivity contribution in [3.63, 3.8) is 0 Å². The van der Waals surface area contributed by atoms with Gasteiger partial charge in [0.1, 0.15) is 0 Å². The van der Waals surface area contributed by atoms with Gasteiger partial charge in [-0.25, -0.2) is 0 Å². The average Bonchev–Trinajstić information content (AvgIpc) is 2.33. The minimum Gasteiger partial charge on any atom is -0.382 e. The van der Waals surface area contributed by atoms with Crippen molar-refractivity contribution < 1.29 is 4.74 Å². The number of hydrogen-bond donors (Lipinski definition) is 1. The van der Waals surface area contributed by atoms with Gasteiger partial charge in [-0.3, -0.25) is 0 Å². The second-order valence-electron chi connectivity index (χ2n) is 5.09. The fourth-order valence-electron chi connectivity index (χ4n) is 2.26. The van der Waals surface area contributed by atoms with E-state index in [9.17, 15) is 0 Å². The Labute approximate surface area is 109 Å². The lowest BCUT2D eigenvalue weighted by Crippen LogP contribution is -2.32. The van der Waals surface area contributed by atoms with Crippen LogP contribution in [0.25, 0.3) is 0 Å². The molecule has 0 saturated heterocycles. The minimum atomic E-state index is 0.374. The van der Waals surface area contributed by atoms with Gasteiger partial charge >= 0.3 is 0 Å². The molecule has 0 fully saturated rings. The molecule has 0 aromatic heterocycles. The first-order valence-corrected chi connectivity index (χ1v) is 7.50. The lowest BCUT2D eigenvalue weighted by Gasteiger charge is -2.21. The smallest absolute Gasteiger partial charge is 0.0558 e. The van der Waals surface area contributed by atoms with Crippen molar-refractivity contribution in [2.45, 2.75) is 84.3 Å². The highest BCUT2D eigenvalue weighted by atomic mass is 16.5. The number of unbranched alkanes of at least 4 members (excludes halogenated alkanes) is 5. The monoisotopic (exact) mass is 243 g/mol. The lowest BCUT2D eigenvalue weighted by molar-refractivity contribution is 0.0991. The molecule has 2 atom stereocenters. The zero-order valence-corrected chi connectivity index (χ0v) is 12.4. The van der Waals surface area contributed by atoms with E-state index in [1.807, 2.05) is 0 Å². The van der Waals surface area contributed by atoms with Gasteiger partial charge in [0, 0.05) is 13.2 Å². The molecule has 17 heavy (non-hydrogen) atoms. The summed E-state index contributed by atoms with van der Waals surface area (Å²) in [5.74, 6) is 0. The van der Waals surface area contributed by atoms with Gasteiger partial charge in [-0.05, 0) is 26.3 Å². The largest absolute Gasteiger partial charge is 0.382 e. The van der Waals surface area contributed by atoms with Crippen LogP contribution < -0.4 is 5.32 Å². The van der Waals surface area contributed by atoms with Crippen molar-refractivity contribution in [1.82, 2.24) is 5.32 Å². The second kappa shape index (κ2) is 12.4. The first-order chi connectivity index (χ1) is 8.24. The maximum absolute atomic E-state index is 5.35. The van der Waals surface area contributed by atoms with Crippen molar-refractivity contribution >= 4 is 0 Å². The summed E-state index contributed by atoms with van der Waals surface area (Å²) < 4.78 is 5.35. The van der Waals surface area contributed by atoms with E-state index < -0.39 is 0 Å². The van der Waals surface area contributed by atoms with Crippen LogP contribution in [0.15, 0.2) is 0 Å². The number of methoxy groups -OCH3 is 1. The van der Waals surface area contributed by atoms with Gasteiger partial charge in [0.25, 0.3) is 0 Å². The van der Waals surface area contributed by atoms with Crippen LogP contribution in [0.1, 0.15) is 72.1 Å². The van der Waals surface area contributed by atoms with Crippen LogP contribution in [0.3, 0.4) is 0 Å². The molecule has 0 aliphatic carbocycles. The first kappa shape index (κ1) is 16.9. The number of nitrogens with one attached hydrogen (secondary N) is 1. The highest BCUT2D eigenvalue weighted by Gasteiger charge is 2.11. The third-order valence-electron chi connectivity index (χ3n) is 3.42. The summed E-state index contributed by atoms with van der Waals surface area (Å²) in [4.78, 5) is 0. The van der Waals surface area contributed by atoms with E-state index in [0.717, 1.165) is 13.0 Å². The summed E-state index contributed by atoms with van der Waals surface area (Å²) in [7, 11) is 1.80. The Balaban J connectivity index is 3.55. The predicted octanol–water partition coefficient (Wildman–Crippen LogP) is 4.14. The Bertz CT molecular complexity index is 150. The summed E-state index contributed by atoms with van der Waals surface area (Å²) in [6.45, 7) is 7.68. The molecule has 0 bridgehead atoms. The summed E-state index contributed by atoms with van der Waals surface area (Å²) in [5.41, 5.74) is 0. The quantitative estimate of drug-likeness (QED) is 0.520. The standard InChI is InChI=1S/C15H33NO/c1-5-7-8-9-10-11-12-15(16-6-2)13-14(3)17-4/h14-16H,5-13H2,1-4H3. The molecule has 2 nitrogen and oxygen atoms in total. The fraction of sp³-hybridized carbons (Fsp3) is 1.00. The molecule has 2 heteroatoms. The SMILES string of the molecule is CCCCCCCCC(CC(C)OC)NCC. The van der Waals surface area contributed by atoms with Gasteiger partial charge in [0.2, 0.25) is 0 Å². The second-order valence-corrected chi connectivity index (χ2v) is 5.09. The van der Waals surface area contributed by atoms with Gasteiger partial charge in [-0.2, -0.15) is 0 Å². The first-order valence-electron chi connectivity index (χ1n) is 7.50. The zero-order valence-electron chi connectivity index (χ0n) is 12.4. The third kappa shape index (κ3) is 10.8. The molecule has 0 heterocycles. The highest BCUT2D eigenvalue weighted by molar-refractivity contribution is 4.69. The summed E-state index contributed by atoms with van der Waals surface area (Å²) in [5, 5.41) is 3.57. The van der Waals surface area contributed by atoms with E-state index in [1.54, 1.807) is 7.11 Å². The number of rotatable bonds is 12. The predicted molar refractivity (Wildman–Crippen MR) is 76.5 cm³/mol. The van der Waals surface area contributed by atoms with Crippen LogP contribution in [0.5, 0.6) is 0 Å². The van der Waals surface area contributed by atoms with Crippen LogP contribution in [0.2, 0.25) is 0 Å². The molecule has 2 unspecified atom stereocenters. The van der Waals surface area contributed by atoms with E-state index in [2.05, 4.69) is 26.1 Å². The Morgan fingerprint density at radius 1 is 1.00 bits per heavy atom. The van der Waals surface area contributed by atoms with Crippen LogP contribution in [0, 0.1) is 0 Å². The van der Waals surface area contributed by atoms with Crippen LogP contribution >= 0.6 is 0 Å². The lowest BCUT2D eigenvalue weighted by atomic mass is 10.0. The molecule has 0 aromatic carbocycles. The van der Waals surface area contributed by atoms with Crippen molar-refractivity contribution in [3.05, 3.63) is 0 Å². The average molecular weight is 243 g/mol. The van der Waals surface area contributed by atoms with Crippen LogP contribution in [0.4, 0.5) is 0 Å². The maximum atomic E-state index is 5.35. The molecule has 1 N–H and O–H groups in total. The van der Waals surface area contributed by atoms with Gasteiger partial charge in [0.15, 0.2) is 0 Å². The van der Waals surface area contributed by atoms with Crippen molar-refractivity contribution in [2.24, 2.45) is 0 Å². The Morgan fingerprint density at radius 2 is 1.65 bits per heavy atom. The summed E-state index contributed by atoms with van der Waals surface area (Å²) >= 11 is 0. The van der Waals surface area contributed by atoms with E-state index in [0.29, 0.717) is 12.1 Å². The summed E-state index contributed by atoms with van der Waals surface area (Å²) in [6.07, 6.45) is 11.1. The highest BCUT2D eigenvalue weighted by Crippen LogP contribution is 2.12. The molecule has 0 aromatic rings. The topological polar surface area (TPSA) is 21.3 Å². The third-order valence-corrected chi connectivity index (χ3v) is 3.42. The molecule has 0 radical (unpaired) electrons. The Hall–Kier alpha value is -0.0800. The molecular weight excluding hydrogens is 210 g/mol. The zero-order chi connectivity index (χ0) is 12.9. The molecule has 0 aliphatic rings. The normalized spacial score (nSPS) is 14.8. The molecule has 0 spiro atoms. The van der Waals surface area contributed by atoms with E-state index in [4.69, 9.17) is 4.74 Å². The summed E-state index contributed by atoms with van der Waals surface area (Å²) in [6, 6.07) is 0.640.